The normalized spacial score (nSPS) is 18.6. The topological polar surface area (TPSA) is 81.7 Å². The minimum atomic E-state index is -0.0581. The lowest BCUT2D eigenvalue weighted by Gasteiger charge is -2.32. The molecular formula is C20H30ClN3O3. The van der Waals surface area contributed by atoms with Crippen LogP contribution in [0.5, 0.6) is 5.75 Å². The van der Waals surface area contributed by atoms with E-state index in [-0.39, 0.29) is 35.9 Å². The highest BCUT2D eigenvalue weighted by Gasteiger charge is 2.27. The van der Waals surface area contributed by atoms with Gasteiger partial charge in [0.15, 0.2) is 0 Å². The molecule has 2 aliphatic heterocycles. The van der Waals surface area contributed by atoms with Gasteiger partial charge in [-0.2, -0.15) is 0 Å². The summed E-state index contributed by atoms with van der Waals surface area (Å²) in [6.07, 6.45) is 5.39. The van der Waals surface area contributed by atoms with Gasteiger partial charge >= 0.3 is 0 Å². The van der Waals surface area contributed by atoms with Crippen LogP contribution in [0.15, 0.2) is 24.3 Å². The van der Waals surface area contributed by atoms with E-state index in [1.54, 1.807) is 24.3 Å². The second-order valence-corrected chi connectivity index (χ2v) is 7.42. The van der Waals surface area contributed by atoms with E-state index in [4.69, 9.17) is 0 Å². The molecule has 6 nitrogen and oxygen atoms in total. The maximum Gasteiger partial charge on any atom is 0.227 e. The number of hydrogen-bond acceptors (Lipinski definition) is 4. The fourth-order valence-electron chi connectivity index (χ4n) is 3.84. The van der Waals surface area contributed by atoms with Crippen LogP contribution in [0.2, 0.25) is 0 Å². The predicted molar refractivity (Wildman–Crippen MR) is 108 cm³/mol. The van der Waals surface area contributed by atoms with Gasteiger partial charge in [-0.15, -0.1) is 12.4 Å². The van der Waals surface area contributed by atoms with Gasteiger partial charge in [0.05, 0.1) is 0 Å². The molecule has 1 aromatic rings. The molecule has 7 heteroatoms. The Morgan fingerprint density at radius 3 is 2.33 bits per heavy atom. The van der Waals surface area contributed by atoms with Gasteiger partial charge in [-0.05, 0) is 75.4 Å². The van der Waals surface area contributed by atoms with Gasteiger partial charge in [-0.1, -0.05) is 0 Å². The fraction of sp³-hybridized carbons (Fsp3) is 0.600. The summed E-state index contributed by atoms with van der Waals surface area (Å²) < 4.78 is 0. The molecule has 0 aliphatic carbocycles. The average molecular weight is 396 g/mol. The smallest absolute Gasteiger partial charge is 0.227 e. The van der Waals surface area contributed by atoms with Crippen LogP contribution in [-0.2, 0) is 9.59 Å². The minimum Gasteiger partial charge on any atom is -0.508 e. The van der Waals surface area contributed by atoms with Crippen LogP contribution in [0.1, 0.15) is 38.5 Å². The Morgan fingerprint density at radius 2 is 1.70 bits per heavy atom. The van der Waals surface area contributed by atoms with Crippen LogP contribution in [0.4, 0.5) is 5.69 Å². The number of benzene rings is 1. The van der Waals surface area contributed by atoms with E-state index < -0.39 is 0 Å². The summed E-state index contributed by atoms with van der Waals surface area (Å²) in [7, 11) is 0. The number of amides is 2. The minimum absolute atomic E-state index is 0. The van der Waals surface area contributed by atoms with Gasteiger partial charge in [0, 0.05) is 31.1 Å². The molecule has 0 aromatic heterocycles. The Kier molecular flexibility index (Phi) is 8.38. The molecule has 1 aromatic carbocycles. The summed E-state index contributed by atoms with van der Waals surface area (Å²) in [6, 6.07) is 6.48. The van der Waals surface area contributed by atoms with E-state index in [0.29, 0.717) is 44.0 Å². The number of phenolic OH excluding ortho intramolecular Hbond substituents is 1. The molecule has 3 N–H and O–H groups in total. The molecule has 0 unspecified atom stereocenters. The second-order valence-electron chi connectivity index (χ2n) is 7.42. The SMILES string of the molecule is Cl.O=C(Nc1ccc(O)cc1)C1CCN(C(=O)CCC2CCNCC2)CC1. The molecule has 2 amide bonds. The summed E-state index contributed by atoms with van der Waals surface area (Å²) in [4.78, 5) is 26.7. The van der Waals surface area contributed by atoms with Crippen LogP contribution in [0, 0.1) is 11.8 Å². The molecule has 2 aliphatic rings. The standard InChI is InChI=1S/C20H29N3O3.ClH/c24-18-4-2-17(3-5-18)22-20(26)16-9-13-23(14-10-16)19(25)6-1-15-7-11-21-12-8-15;/h2-5,15-16,21,24H,1,6-14H2,(H,22,26);1H. The first kappa shape index (κ1) is 21.5. The van der Waals surface area contributed by atoms with E-state index in [2.05, 4.69) is 10.6 Å². The fourth-order valence-corrected chi connectivity index (χ4v) is 3.84. The highest BCUT2D eigenvalue weighted by atomic mass is 35.5. The van der Waals surface area contributed by atoms with Crippen molar-refractivity contribution in [1.29, 1.82) is 0 Å². The third kappa shape index (κ3) is 6.40. The zero-order valence-corrected chi connectivity index (χ0v) is 16.5. The van der Waals surface area contributed by atoms with Crippen molar-refractivity contribution in [2.75, 3.05) is 31.5 Å². The summed E-state index contributed by atoms with van der Waals surface area (Å²) >= 11 is 0. The number of aromatic hydroxyl groups is 1. The van der Waals surface area contributed by atoms with Crippen molar-refractivity contribution in [2.45, 2.75) is 38.5 Å². The van der Waals surface area contributed by atoms with Crippen molar-refractivity contribution < 1.29 is 14.7 Å². The molecule has 150 valence electrons. The molecule has 0 radical (unpaired) electrons. The third-order valence-corrected chi connectivity index (χ3v) is 5.58. The second kappa shape index (κ2) is 10.5. The number of likely N-dealkylation sites (tertiary alicyclic amines) is 1. The number of carbonyl (C=O) groups excluding carboxylic acids is 2. The number of hydrogen-bond donors (Lipinski definition) is 3. The Labute approximate surface area is 167 Å². The Morgan fingerprint density at radius 1 is 1.07 bits per heavy atom. The third-order valence-electron chi connectivity index (χ3n) is 5.58. The van der Waals surface area contributed by atoms with E-state index in [9.17, 15) is 14.7 Å². The zero-order chi connectivity index (χ0) is 18.4. The Bertz CT molecular complexity index is 609. The molecule has 2 fully saturated rings. The number of nitrogens with one attached hydrogen (secondary N) is 2. The maximum atomic E-state index is 12.4. The summed E-state index contributed by atoms with van der Waals surface area (Å²) in [6.45, 7) is 3.47. The zero-order valence-electron chi connectivity index (χ0n) is 15.7. The van der Waals surface area contributed by atoms with Crippen molar-refractivity contribution in [3.63, 3.8) is 0 Å². The molecule has 0 bridgehead atoms. The predicted octanol–water partition coefficient (Wildman–Crippen LogP) is 2.77. The van der Waals surface area contributed by atoms with Gasteiger partial charge < -0.3 is 20.6 Å². The first-order valence-corrected chi connectivity index (χ1v) is 9.70. The Balaban J connectivity index is 0.00000261. The lowest BCUT2D eigenvalue weighted by Crippen LogP contribution is -2.41. The number of rotatable bonds is 5. The van der Waals surface area contributed by atoms with Crippen LogP contribution in [-0.4, -0.2) is 48.0 Å². The number of anilines is 1. The summed E-state index contributed by atoms with van der Waals surface area (Å²) in [5, 5.41) is 15.5. The van der Waals surface area contributed by atoms with E-state index >= 15 is 0 Å². The molecule has 0 atom stereocenters. The lowest BCUT2D eigenvalue weighted by molar-refractivity contribution is -0.134. The van der Waals surface area contributed by atoms with Crippen LogP contribution in [0.3, 0.4) is 0 Å². The number of halogens is 1. The highest BCUT2D eigenvalue weighted by molar-refractivity contribution is 5.92. The summed E-state index contributed by atoms with van der Waals surface area (Å²) in [5.74, 6) is 1.03. The quantitative estimate of drug-likeness (QED) is 0.669. The largest absolute Gasteiger partial charge is 0.508 e. The highest BCUT2D eigenvalue weighted by Crippen LogP contribution is 2.23. The number of carbonyl (C=O) groups is 2. The lowest BCUT2D eigenvalue weighted by atomic mass is 9.92. The van der Waals surface area contributed by atoms with Crippen molar-refractivity contribution in [2.24, 2.45) is 11.8 Å². The van der Waals surface area contributed by atoms with Crippen molar-refractivity contribution >= 4 is 29.9 Å². The van der Waals surface area contributed by atoms with E-state index in [1.807, 2.05) is 4.90 Å². The average Bonchev–Trinajstić information content (AvgIpc) is 2.69. The van der Waals surface area contributed by atoms with Crippen molar-refractivity contribution in [1.82, 2.24) is 10.2 Å². The molecule has 2 heterocycles. The number of nitrogens with zero attached hydrogens (tertiary/aromatic N) is 1. The van der Waals surface area contributed by atoms with Gasteiger partial charge in [0.1, 0.15) is 5.75 Å². The monoisotopic (exact) mass is 395 g/mol. The van der Waals surface area contributed by atoms with Gasteiger partial charge in [0.25, 0.3) is 0 Å². The van der Waals surface area contributed by atoms with Gasteiger partial charge in [0.2, 0.25) is 11.8 Å². The molecule has 27 heavy (non-hydrogen) atoms. The molecule has 0 spiro atoms. The van der Waals surface area contributed by atoms with Crippen LogP contribution < -0.4 is 10.6 Å². The van der Waals surface area contributed by atoms with Crippen LogP contribution >= 0.6 is 12.4 Å². The first-order chi connectivity index (χ1) is 12.6. The number of piperidine rings is 2. The van der Waals surface area contributed by atoms with Crippen molar-refractivity contribution in [3.05, 3.63) is 24.3 Å². The molecular weight excluding hydrogens is 366 g/mol. The Hall–Kier alpha value is -1.79. The first-order valence-electron chi connectivity index (χ1n) is 9.70. The maximum absolute atomic E-state index is 12.4. The molecule has 2 saturated heterocycles. The summed E-state index contributed by atoms with van der Waals surface area (Å²) in [5.41, 5.74) is 0.688. The van der Waals surface area contributed by atoms with Crippen LogP contribution in [0.25, 0.3) is 0 Å². The number of phenols is 1. The molecule has 0 saturated carbocycles. The van der Waals surface area contributed by atoms with Gasteiger partial charge in [-0.25, -0.2) is 0 Å². The molecule has 3 rings (SSSR count). The van der Waals surface area contributed by atoms with E-state index in [1.165, 1.54) is 12.8 Å². The van der Waals surface area contributed by atoms with Gasteiger partial charge in [-0.3, -0.25) is 9.59 Å². The van der Waals surface area contributed by atoms with E-state index in [0.717, 1.165) is 19.5 Å². The van der Waals surface area contributed by atoms with Crippen molar-refractivity contribution in [3.8, 4) is 5.75 Å².